The summed E-state index contributed by atoms with van der Waals surface area (Å²) in [6.07, 6.45) is 6.19. The number of carboxylic acids is 1. The first-order valence-corrected chi connectivity index (χ1v) is 8.11. The third kappa shape index (κ3) is 5.42. The number of aliphatic carboxylic acids is 1. The van der Waals surface area contributed by atoms with Crippen LogP contribution in [0.25, 0.3) is 0 Å². The molecule has 6 nitrogen and oxygen atoms in total. The van der Waals surface area contributed by atoms with Crippen molar-refractivity contribution in [2.75, 3.05) is 0 Å². The highest BCUT2D eigenvalue weighted by Gasteiger charge is 2.34. The van der Waals surface area contributed by atoms with Gasteiger partial charge in [0.15, 0.2) is 0 Å². The summed E-state index contributed by atoms with van der Waals surface area (Å²) in [5, 5.41) is 15.6. The Morgan fingerprint density at radius 1 is 1.45 bits per heavy atom. The predicted molar refractivity (Wildman–Crippen MR) is 86.4 cm³/mol. The van der Waals surface area contributed by atoms with Crippen LogP contribution in [0, 0.1) is 0 Å². The van der Waals surface area contributed by atoms with Gasteiger partial charge in [-0.2, -0.15) is 0 Å². The molecule has 126 valence electrons. The van der Waals surface area contributed by atoms with Crippen molar-refractivity contribution in [2.45, 2.75) is 77.0 Å². The zero-order chi connectivity index (χ0) is 16.7. The number of hydrogen-bond donors (Lipinski definition) is 4. The maximum atomic E-state index is 11.4. The predicted octanol–water partition coefficient (Wildman–Crippen LogP) is 1.16. The van der Waals surface area contributed by atoms with Crippen LogP contribution in [0.3, 0.4) is 0 Å². The van der Waals surface area contributed by atoms with Gasteiger partial charge in [-0.25, -0.2) is 4.79 Å². The Morgan fingerprint density at radius 3 is 2.64 bits per heavy atom. The Morgan fingerprint density at radius 2 is 2.14 bits per heavy atom. The minimum absolute atomic E-state index is 0.152. The maximum Gasteiger partial charge on any atom is 0.331 e. The van der Waals surface area contributed by atoms with E-state index in [4.69, 9.17) is 5.73 Å². The average Bonchev–Trinajstić information content (AvgIpc) is 2.45. The Kier molecular flexibility index (Phi) is 7.55. The molecule has 0 aromatic rings. The molecule has 1 amide bonds. The fraction of sp³-hybridized carbons (Fsp3) is 0.750. The lowest BCUT2D eigenvalue weighted by atomic mass is 9.86. The van der Waals surface area contributed by atoms with Crippen molar-refractivity contribution in [1.82, 2.24) is 10.6 Å². The highest BCUT2D eigenvalue weighted by atomic mass is 16.4. The van der Waals surface area contributed by atoms with Gasteiger partial charge in [-0.3, -0.25) is 4.79 Å². The summed E-state index contributed by atoms with van der Waals surface area (Å²) in [7, 11) is 0. The molecule has 0 spiro atoms. The summed E-state index contributed by atoms with van der Waals surface area (Å²) in [6, 6.07) is -0.643. The number of carboxylic acid groups (broad SMARTS) is 1. The SMILES string of the molecule is CCCCC(CC)NC1C=C(C(=O)O)CC(N)C1NC(C)=O. The fourth-order valence-electron chi connectivity index (χ4n) is 2.91. The van der Waals surface area contributed by atoms with Crippen molar-refractivity contribution >= 4 is 11.9 Å². The summed E-state index contributed by atoms with van der Waals surface area (Å²) < 4.78 is 0. The van der Waals surface area contributed by atoms with E-state index in [2.05, 4.69) is 24.5 Å². The van der Waals surface area contributed by atoms with Gasteiger partial charge in [0.2, 0.25) is 5.91 Å². The third-order valence-electron chi connectivity index (χ3n) is 4.16. The van der Waals surface area contributed by atoms with Crippen LogP contribution in [-0.4, -0.2) is 41.2 Å². The Bertz CT molecular complexity index is 423. The van der Waals surface area contributed by atoms with Crippen LogP contribution in [0.5, 0.6) is 0 Å². The van der Waals surface area contributed by atoms with Crippen molar-refractivity contribution in [2.24, 2.45) is 5.73 Å². The second-order valence-corrected chi connectivity index (χ2v) is 6.03. The smallest absolute Gasteiger partial charge is 0.331 e. The number of carbonyl (C=O) groups is 2. The van der Waals surface area contributed by atoms with Crippen molar-refractivity contribution in [3.8, 4) is 0 Å². The normalized spacial score (nSPS) is 26.2. The van der Waals surface area contributed by atoms with E-state index in [-0.39, 0.29) is 30.5 Å². The molecule has 0 aliphatic heterocycles. The van der Waals surface area contributed by atoms with Gasteiger partial charge in [-0.1, -0.05) is 32.8 Å². The Labute approximate surface area is 132 Å². The lowest BCUT2D eigenvalue weighted by Gasteiger charge is -2.37. The van der Waals surface area contributed by atoms with Gasteiger partial charge < -0.3 is 21.5 Å². The van der Waals surface area contributed by atoms with Gasteiger partial charge in [-0.05, 0) is 19.3 Å². The first kappa shape index (κ1) is 18.6. The van der Waals surface area contributed by atoms with Crippen LogP contribution in [0.4, 0.5) is 0 Å². The number of hydrogen-bond acceptors (Lipinski definition) is 4. The minimum atomic E-state index is -0.940. The van der Waals surface area contributed by atoms with Gasteiger partial charge in [0.1, 0.15) is 0 Å². The van der Waals surface area contributed by atoms with Crippen LogP contribution in [0.1, 0.15) is 52.9 Å². The largest absolute Gasteiger partial charge is 0.478 e. The zero-order valence-corrected chi connectivity index (χ0v) is 13.8. The standard InChI is InChI=1S/C16H29N3O3/c1-4-6-7-12(5-2)19-14-9-11(16(21)22)8-13(17)15(14)18-10(3)20/h9,12-15,19H,4-8,17H2,1-3H3,(H,18,20)(H,21,22). The molecule has 0 heterocycles. The van der Waals surface area contributed by atoms with E-state index in [0.717, 1.165) is 25.7 Å². The van der Waals surface area contributed by atoms with Crippen molar-refractivity contribution in [3.05, 3.63) is 11.6 Å². The van der Waals surface area contributed by atoms with Crippen LogP contribution in [0.15, 0.2) is 11.6 Å². The van der Waals surface area contributed by atoms with Gasteiger partial charge in [-0.15, -0.1) is 0 Å². The molecular formula is C16H29N3O3. The number of nitrogens with two attached hydrogens (primary N) is 1. The Hall–Kier alpha value is -1.40. The van der Waals surface area contributed by atoms with Crippen LogP contribution in [-0.2, 0) is 9.59 Å². The lowest BCUT2D eigenvalue weighted by molar-refractivity contribution is -0.133. The molecule has 1 aliphatic rings. The molecule has 0 bridgehead atoms. The Balaban J connectivity index is 2.91. The topological polar surface area (TPSA) is 104 Å². The lowest BCUT2D eigenvalue weighted by Crippen LogP contribution is -2.61. The van der Waals surface area contributed by atoms with Gasteiger partial charge >= 0.3 is 5.97 Å². The summed E-state index contributed by atoms with van der Waals surface area (Å²) in [5.41, 5.74) is 6.42. The second-order valence-electron chi connectivity index (χ2n) is 6.03. The molecule has 0 aromatic carbocycles. The number of nitrogens with one attached hydrogen (secondary N) is 2. The van der Waals surface area contributed by atoms with Gasteiger partial charge in [0, 0.05) is 30.6 Å². The number of carbonyl (C=O) groups excluding carboxylic acids is 1. The molecule has 0 radical (unpaired) electrons. The van der Waals surface area contributed by atoms with E-state index in [1.807, 2.05) is 0 Å². The van der Waals surface area contributed by atoms with Crippen molar-refractivity contribution in [1.29, 1.82) is 0 Å². The number of unbranched alkanes of at least 4 members (excludes halogenated alkanes) is 1. The second kappa shape index (κ2) is 8.90. The molecule has 0 saturated carbocycles. The number of rotatable bonds is 8. The summed E-state index contributed by atoms with van der Waals surface area (Å²) >= 11 is 0. The molecule has 1 aliphatic carbocycles. The van der Waals surface area contributed by atoms with E-state index < -0.39 is 12.0 Å². The zero-order valence-electron chi connectivity index (χ0n) is 13.8. The third-order valence-corrected chi connectivity index (χ3v) is 4.16. The monoisotopic (exact) mass is 311 g/mol. The van der Waals surface area contributed by atoms with E-state index in [1.165, 1.54) is 6.92 Å². The molecular weight excluding hydrogens is 282 g/mol. The number of amides is 1. The summed E-state index contributed by atoms with van der Waals surface area (Å²) in [4.78, 5) is 22.7. The molecule has 0 aromatic heterocycles. The fourth-order valence-corrected chi connectivity index (χ4v) is 2.91. The highest BCUT2D eigenvalue weighted by Crippen LogP contribution is 2.20. The summed E-state index contributed by atoms with van der Waals surface area (Å²) in [6.45, 7) is 5.70. The van der Waals surface area contributed by atoms with Crippen LogP contribution in [0.2, 0.25) is 0 Å². The van der Waals surface area contributed by atoms with Gasteiger partial charge in [0.05, 0.1) is 6.04 Å². The van der Waals surface area contributed by atoms with E-state index in [1.54, 1.807) is 6.08 Å². The average molecular weight is 311 g/mol. The minimum Gasteiger partial charge on any atom is -0.478 e. The van der Waals surface area contributed by atoms with E-state index in [0.29, 0.717) is 5.57 Å². The van der Waals surface area contributed by atoms with Crippen molar-refractivity contribution in [3.63, 3.8) is 0 Å². The van der Waals surface area contributed by atoms with Crippen LogP contribution < -0.4 is 16.4 Å². The van der Waals surface area contributed by atoms with Crippen LogP contribution >= 0.6 is 0 Å². The molecule has 6 heteroatoms. The van der Waals surface area contributed by atoms with E-state index in [9.17, 15) is 14.7 Å². The quantitative estimate of drug-likeness (QED) is 0.538. The molecule has 4 unspecified atom stereocenters. The summed E-state index contributed by atoms with van der Waals surface area (Å²) in [5.74, 6) is -1.09. The molecule has 5 N–H and O–H groups in total. The van der Waals surface area contributed by atoms with Gasteiger partial charge in [0.25, 0.3) is 0 Å². The first-order chi connectivity index (χ1) is 10.4. The van der Waals surface area contributed by atoms with Crippen molar-refractivity contribution < 1.29 is 14.7 Å². The molecule has 0 fully saturated rings. The maximum absolute atomic E-state index is 11.4. The molecule has 0 saturated heterocycles. The molecule has 4 atom stereocenters. The highest BCUT2D eigenvalue weighted by molar-refractivity contribution is 5.87. The first-order valence-electron chi connectivity index (χ1n) is 8.11. The molecule has 1 rings (SSSR count). The molecule has 22 heavy (non-hydrogen) atoms. The van der Waals surface area contributed by atoms with E-state index >= 15 is 0 Å².